The Labute approximate surface area is 145 Å². The van der Waals surface area contributed by atoms with Crippen LogP contribution in [0.2, 0.25) is 0 Å². The van der Waals surface area contributed by atoms with Gasteiger partial charge in [0.15, 0.2) is 0 Å². The van der Waals surface area contributed by atoms with Crippen LogP contribution in [-0.2, 0) is 0 Å². The van der Waals surface area contributed by atoms with Crippen LogP contribution in [0.5, 0.6) is 0 Å². The molecule has 0 aliphatic carbocycles. The highest BCUT2D eigenvalue weighted by Gasteiger charge is 2.23. The van der Waals surface area contributed by atoms with Crippen LogP contribution >= 0.6 is 0 Å². The molecule has 2 aromatic rings. The summed E-state index contributed by atoms with van der Waals surface area (Å²) in [6.07, 6.45) is 5.87. The van der Waals surface area contributed by atoms with Crippen molar-refractivity contribution in [2.75, 3.05) is 24.1 Å². The average molecular weight is 342 g/mol. The van der Waals surface area contributed by atoms with Gasteiger partial charge in [0.1, 0.15) is 11.5 Å². The van der Waals surface area contributed by atoms with Crippen LogP contribution in [0.3, 0.4) is 0 Å². The highest BCUT2D eigenvalue weighted by atomic mass is 16.2. The predicted octanol–water partition coefficient (Wildman–Crippen LogP) is 1.20. The predicted molar refractivity (Wildman–Crippen MR) is 95.1 cm³/mol. The van der Waals surface area contributed by atoms with Gasteiger partial charge in [0.25, 0.3) is 5.91 Å². The second-order valence-corrected chi connectivity index (χ2v) is 6.20. The van der Waals surface area contributed by atoms with Crippen LogP contribution in [0, 0.1) is 0 Å². The van der Waals surface area contributed by atoms with Crippen LogP contribution in [0.1, 0.15) is 40.1 Å². The van der Waals surface area contributed by atoms with Crippen molar-refractivity contribution >= 4 is 23.3 Å². The van der Waals surface area contributed by atoms with Gasteiger partial charge in [-0.05, 0) is 37.5 Å². The van der Waals surface area contributed by atoms with Crippen molar-refractivity contribution in [1.29, 1.82) is 0 Å². The molecule has 0 aromatic carbocycles. The van der Waals surface area contributed by atoms with Gasteiger partial charge in [0.2, 0.25) is 5.91 Å². The third kappa shape index (κ3) is 4.09. The zero-order valence-corrected chi connectivity index (χ0v) is 13.9. The van der Waals surface area contributed by atoms with Crippen molar-refractivity contribution in [3.63, 3.8) is 0 Å². The molecule has 2 amide bonds. The second kappa shape index (κ2) is 7.25. The molecule has 0 unspecified atom stereocenters. The minimum atomic E-state index is -0.549. The fraction of sp³-hybridized carbons (Fsp3) is 0.353. The number of rotatable bonds is 4. The van der Waals surface area contributed by atoms with Gasteiger partial charge in [-0.1, -0.05) is 0 Å². The quantitative estimate of drug-likeness (QED) is 0.663. The molecule has 6 N–H and O–H groups in total. The molecule has 0 spiro atoms. The Morgan fingerprint density at radius 3 is 2.80 bits per heavy atom. The van der Waals surface area contributed by atoms with E-state index in [0.29, 0.717) is 30.2 Å². The molecule has 0 bridgehead atoms. The summed E-state index contributed by atoms with van der Waals surface area (Å²) in [6.45, 7) is 1.33. The van der Waals surface area contributed by atoms with E-state index in [9.17, 15) is 9.59 Å². The third-order valence-corrected chi connectivity index (χ3v) is 4.37. The highest BCUT2D eigenvalue weighted by molar-refractivity contribution is 5.98. The van der Waals surface area contributed by atoms with E-state index in [1.807, 2.05) is 6.07 Å². The number of hydrogen-bond donors (Lipinski definition) is 4. The minimum Gasteiger partial charge on any atom is -0.384 e. The molecule has 1 atom stereocenters. The Bertz CT molecular complexity index is 755. The number of carbonyl (C=O) groups is 2. The van der Waals surface area contributed by atoms with Crippen LogP contribution in [0.4, 0.5) is 11.5 Å². The maximum Gasteiger partial charge on any atom is 0.270 e. The topological polar surface area (TPSA) is 130 Å². The van der Waals surface area contributed by atoms with E-state index in [1.165, 1.54) is 12.3 Å². The lowest BCUT2D eigenvalue weighted by molar-refractivity contribution is 0.0756. The van der Waals surface area contributed by atoms with E-state index in [-0.39, 0.29) is 11.9 Å². The maximum atomic E-state index is 12.6. The van der Waals surface area contributed by atoms with Crippen molar-refractivity contribution in [2.45, 2.75) is 25.3 Å². The largest absolute Gasteiger partial charge is 0.384 e. The zero-order valence-electron chi connectivity index (χ0n) is 13.9. The summed E-state index contributed by atoms with van der Waals surface area (Å²) in [7, 11) is 0. The number of H-pyrrole nitrogens is 1. The third-order valence-electron chi connectivity index (χ3n) is 4.37. The maximum absolute atomic E-state index is 12.6. The van der Waals surface area contributed by atoms with Gasteiger partial charge >= 0.3 is 0 Å². The Morgan fingerprint density at radius 1 is 1.28 bits per heavy atom. The van der Waals surface area contributed by atoms with E-state index in [1.54, 1.807) is 17.2 Å². The number of aromatic amines is 1. The van der Waals surface area contributed by atoms with Crippen molar-refractivity contribution in [2.24, 2.45) is 5.73 Å². The molecule has 1 fully saturated rings. The molecule has 0 saturated carbocycles. The summed E-state index contributed by atoms with van der Waals surface area (Å²) in [5.74, 6) is -0.167. The SMILES string of the molecule is NC(=O)c1c[nH]c(C(=O)N2CCC[C@@H](Nc3ccc(N)nc3)CC2)c1. The molecule has 1 aliphatic heterocycles. The van der Waals surface area contributed by atoms with Gasteiger partial charge in [-0.2, -0.15) is 0 Å². The molecule has 0 radical (unpaired) electrons. The van der Waals surface area contributed by atoms with Crippen molar-refractivity contribution < 1.29 is 9.59 Å². The minimum absolute atomic E-state index is 0.109. The summed E-state index contributed by atoms with van der Waals surface area (Å²) in [4.78, 5) is 32.5. The molecule has 1 saturated heterocycles. The van der Waals surface area contributed by atoms with E-state index >= 15 is 0 Å². The van der Waals surface area contributed by atoms with Gasteiger partial charge in [-0.15, -0.1) is 0 Å². The molecule has 132 valence electrons. The number of hydrogen-bond acceptors (Lipinski definition) is 5. The number of likely N-dealkylation sites (tertiary alicyclic amines) is 1. The lowest BCUT2D eigenvalue weighted by atomic mass is 10.1. The Hall–Kier alpha value is -3.03. The number of nitrogens with zero attached hydrogens (tertiary/aromatic N) is 2. The summed E-state index contributed by atoms with van der Waals surface area (Å²) < 4.78 is 0. The van der Waals surface area contributed by atoms with Crippen LogP contribution in [0.25, 0.3) is 0 Å². The standard InChI is InChI=1S/C17H22N6O2/c18-15-4-3-13(10-21-15)22-12-2-1-6-23(7-5-12)17(25)14-8-11(9-20-14)16(19)24/h3-4,8-10,12,20,22H,1-2,5-7H2,(H2,18,21)(H2,19,24)/t12-/m1/s1. The molecule has 1 aliphatic rings. The summed E-state index contributed by atoms with van der Waals surface area (Å²) in [6, 6.07) is 5.44. The number of primary amides is 1. The van der Waals surface area contributed by atoms with Crippen LogP contribution < -0.4 is 16.8 Å². The molecule has 3 rings (SSSR count). The first kappa shape index (κ1) is 16.8. The summed E-state index contributed by atoms with van der Waals surface area (Å²) in [5, 5.41) is 3.44. The molecular formula is C17H22N6O2. The highest BCUT2D eigenvalue weighted by Crippen LogP contribution is 2.18. The number of carbonyl (C=O) groups excluding carboxylic acids is 2. The van der Waals surface area contributed by atoms with Gasteiger partial charge in [0, 0.05) is 25.3 Å². The molecule has 2 aromatic heterocycles. The van der Waals surface area contributed by atoms with Gasteiger partial charge in [0.05, 0.1) is 17.4 Å². The monoisotopic (exact) mass is 342 g/mol. The Balaban J connectivity index is 1.59. The summed E-state index contributed by atoms with van der Waals surface area (Å²) in [5.41, 5.74) is 12.5. The number of pyridine rings is 1. The van der Waals surface area contributed by atoms with Crippen molar-refractivity contribution in [1.82, 2.24) is 14.9 Å². The normalized spacial score (nSPS) is 17.8. The van der Waals surface area contributed by atoms with E-state index < -0.39 is 5.91 Å². The second-order valence-electron chi connectivity index (χ2n) is 6.20. The first-order valence-corrected chi connectivity index (χ1v) is 8.28. The number of aromatic nitrogens is 2. The van der Waals surface area contributed by atoms with E-state index in [4.69, 9.17) is 11.5 Å². The molecule has 3 heterocycles. The smallest absolute Gasteiger partial charge is 0.270 e. The van der Waals surface area contributed by atoms with Gasteiger partial charge in [-0.25, -0.2) is 4.98 Å². The van der Waals surface area contributed by atoms with Crippen LogP contribution in [0.15, 0.2) is 30.6 Å². The number of anilines is 2. The number of nitrogens with two attached hydrogens (primary N) is 2. The molecular weight excluding hydrogens is 320 g/mol. The molecule has 8 heteroatoms. The fourth-order valence-corrected chi connectivity index (χ4v) is 3.00. The zero-order chi connectivity index (χ0) is 17.8. The Morgan fingerprint density at radius 2 is 2.12 bits per heavy atom. The number of nitrogens with one attached hydrogen (secondary N) is 2. The van der Waals surface area contributed by atoms with Crippen molar-refractivity contribution in [3.8, 4) is 0 Å². The first-order chi connectivity index (χ1) is 12.0. The lowest BCUT2D eigenvalue weighted by Crippen LogP contribution is -2.33. The van der Waals surface area contributed by atoms with Gasteiger partial charge < -0.3 is 26.7 Å². The number of nitrogen functional groups attached to an aromatic ring is 1. The number of amides is 2. The van der Waals surface area contributed by atoms with Crippen LogP contribution in [-0.4, -0.2) is 45.8 Å². The first-order valence-electron chi connectivity index (χ1n) is 8.28. The molecule has 8 nitrogen and oxygen atoms in total. The van der Waals surface area contributed by atoms with Crippen molar-refractivity contribution in [3.05, 3.63) is 41.9 Å². The van der Waals surface area contributed by atoms with E-state index in [2.05, 4.69) is 15.3 Å². The Kier molecular flexibility index (Phi) is 4.87. The lowest BCUT2D eigenvalue weighted by Gasteiger charge is -2.20. The fourth-order valence-electron chi connectivity index (χ4n) is 3.00. The van der Waals surface area contributed by atoms with Gasteiger partial charge in [-0.3, -0.25) is 9.59 Å². The average Bonchev–Trinajstić information content (AvgIpc) is 2.98. The summed E-state index contributed by atoms with van der Waals surface area (Å²) >= 11 is 0. The van der Waals surface area contributed by atoms with E-state index in [0.717, 1.165) is 24.9 Å². The molecule has 25 heavy (non-hydrogen) atoms.